The molecule has 11 heavy (non-hydrogen) atoms. The number of hydrogen-bond donors (Lipinski definition) is 3. The minimum Gasteiger partial charge on any atom is -0.396 e. The van der Waals surface area contributed by atoms with Crippen LogP contribution in [0.25, 0.3) is 0 Å². The summed E-state index contributed by atoms with van der Waals surface area (Å²) in [5, 5.41) is 19.7. The van der Waals surface area contributed by atoms with Crippen LogP contribution in [0.15, 0.2) is 0 Å². The molecular formula is C7H15NO3. The Morgan fingerprint density at radius 2 is 2.18 bits per heavy atom. The second kappa shape index (κ2) is 6.12. The Hall–Kier alpha value is -0.610. The third kappa shape index (κ3) is 4.75. The molecule has 0 aliphatic rings. The third-order valence-electron chi connectivity index (χ3n) is 1.38. The Morgan fingerprint density at radius 3 is 2.55 bits per heavy atom. The second-order valence-electron chi connectivity index (χ2n) is 2.31. The molecule has 0 radical (unpaired) electrons. The molecule has 0 aliphatic heterocycles. The van der Waals surface area contributed by atoms with Gasteiger partial charge in [-0.15, -0.1) is 0 Å². The van der Waals surface area contributed by atoms with Crippen molar-refractivity contribution in [2.45, 2.75) is 25.8 Å². The molecule has 1 atom stereocenters. The lowest BCUT2D eigenvalue weighted by molar-refractivity contribution is -0.121. The van der Waals surface area contributed by atoms with Gasteiger partial charge in [-0.2, -0.15) is 0 Å². The van der Waals surface area contributed by atoms with Crippen molar-refractivity contribution < 1.29 is 15.0 Å². The quantitative estimate of drug-likeness (QED) is 0.497. The SMILES string of the molecule is CCC(=O)NC(CO)CCO. The molecule has 0 fully saturated rings. The van der Waals surface area contributed by atoms with Crippen LogP contribution in [-0.4, -0.2) is 35.4 Å². The van der Waals surface area contributed by atoms with Crippen molar-refractivity contribution in [3.05, 3.63) is 0 Å². The summed E-state index contributed by atoms with van der Waals surface area (Å²) >= 11 is 0. The van der Waals surface area contributed by atoms with Crippen molar-refractivity contribution in [2.24, 2.45) is 0 Å². The number of rotatable bonds is 5. The van der Waals surface area contributed by atoms with Crippen molar-refractivity contribution in [1.29, 1.82) is 0 Å². The molecule has 0 saturated carbocycles. The van der Waals surface area contributed by atoms with Crippen molar-refractivity contribution in [2.75, 3.05) is 13.2 Å². The summed E-state index contributed by atoms with van der Waals surface area (Å²) in [5.41, 5.74) is 0. The predicted octanol–water partition coefficient (Wildman–Crippen LogP) is -0.744. The normalized spacial score (nSPS) is 12.6. The van der Waals surface area contributed by atoms with E-state index in [0.29, 0.717) is 12.8 Å². The van der Waals surface area contributed by atoms with Gasteiger partial charge >= 0.3 is 0 Å². The molecule has 4 heteroatoms. The van der Waals surface area contributed by atoms with E-state index in [9.17, 15) is 4.79 Å². The Morgan fingerprint density at radius 1 is 1.55 bits per heavy atom. The molecule has 0 heterocycles. The van der Waals surface area contributed by atoms with Gasteiger partial charge in [0.05, 0.1) is 12.6 Å². The van der Waals surface area contributed by atoms with Crippen LogP contribution in [0.4, 0.5) is 0 Å². The number of hydrogen-bond acceptors (Lipinski definition) is 3. The van der Waals surface area contributed by atoms with Gasteiger partial charge in [-0.25, -0.2) is 0 Å². The summed E-state index contributed by atoms with van der Waals surface area (Å²) in [6.07, 6.45) is 0.810. The van der Waals surface area contributed by atoms with Gasteiger partial charge in [0.25, 0.3) is 0 Å². The van der Waals surface area contributed by atoms with Crippen LogP contribution >= 0.6 is 0 Å². The highest BCUT2D eigenvalue weighted by molar-refractivity contribution is 5.75. The molecular weight excluding hydrogens is 146 g/mol. The molecule has 0 saturated heterocycles. The van der Waals surface area contributed by atoms with Gasteiger partial charge < -0.3 is 15.5 Å². The van der Waals surface area contributed by atoms with E-state index >= 15 is 0 Å². The maximum absolute atomic E-state index is 10.8. The second-order valence-corrected chi connectivity index (χ2v) is 2.31. The van der Waals surface area contributed by atoms with Crippen molar-refractivity contribution in [3.8, 4) is 0 Å². The first-order chi connectivity index (χ1) is 5.24. The van der Waals surface area contributed by atoms with Gasteiger partial charge in [0, 0.05) is 13.0 Å². The molecule has 3 N–H and O–H groups in total. The van der Waals surface area contributed by atoms with Crippen LogP contribution in [-0.2, 0) is 4.79 Å². The van der Waals surface area contributed by atoms with Gasteiger partial charge in [0.15, 0.2) is 0 Å². The smallest absolute Gasteiger partial charge is 0.220 e. The van der Waals surface area contributed by atoms with Gasteiger partial charge in [-0.3, -0.25) is 4.79 Å². The van der Waals surface area contributed by atoms with Crippen LogP contribution in [0, 0.1) is 0 Å². The van der Waals surface area contributed by atoms with Crippen molar-refractivity contribution >= 4 is 5.91 Å². The predicted molar refractivity (Wildman–Crippen MR) is 41.0 cm³/mol. The summed E-state index contributed by atoms with van der Waals surface area (Å²) in [5.74, 6) is -0.0995. The Balaban J connectivity index is 3.58. The Bertz CT molecular complexity index is 116. The first-order valence-electron chi connectivity index (χ1n) is 3.75. The minimum atomic E-state index is -0.299. The van der Waals surface area contributed by atoms with Crippen LogP contribution in [0.5, 0.6) is 0 Å². The van der Waals surface area contributed by atoms with E-state index in [0.717, 1.165) is 0 Å². The molecule has 0 aromatic heterocycles. The summed E-state index contributed by atoms with van der Waals surface area (Å²) < 4.78 is 0. The highest BCUT2D eigenvalue weighted by atomic mass is 16.3. The van der Waals surface area contributed by atoms with Crippen LogP contribution < -0.4 is 5.32 Å². The van der Waals surface area contributed by atoms with Gasteiger partial charge in [0.2, 0.25) is 5.91 Å². The molecule has 4 nitrogen and oxygen atoms in total. The zero-order valence-electron chi connectivity index (χ0n) is 6.71. The van der Waals surface area contributed by atoms with Crippen molar-refractivity contribution in [1.82, 2.24) is 5.32 Å². The fourth-order valence-corrected chi connectivity index (χ4v) is 0.695. The van der Waals surface area contributed by atoms with E-state index in [4.69, 9.17) is 10.2 Å². The Labute approximate surface area is 66.2 Å². The number of aliphatic hydroxyl groups is 2. The van der Waals surface area contributed by atoms with Gasteiger partial charge in [-0.1, -0.05) is 6.92 Å². The fraction of sp³-hybridized carbons (Fsp3) is 0.857. The standard InChI is InChI=1S/C7H15NO3/c1-2-7(11)8-6(5-10)3-4-9/h6,9-10H,2-5H2,1H3,(H,8,11). The average Bonchev–Trinajstić information content (AvgIpc) is 2.03. The van der Waals surface area contributed by atoms with Gasteiger partial charge in [-0.05, 0) is 6.42 Å². The number of nitrogens with one attached hydrogen (secondary N) is 1. The maximum atomic E-state index is 10.8. The fourth-order valence-electron chi connectivity index (χ4n) is 0.695. The zero-order chi connectivity index (χ0) is 8.69. The van der Waals surface area contributed by atoms with Crippen LogP contribution in [0.1, 0.15) is 19.8 Å². The van der Waals surface area contributed by atoms with Crippen LogP contribution in [0.2, 0.25) is 0 Å². The summed E-state index contributed by atoms with van der Waals surface area (Å²) in [6, 6.07) is -0.299. The van der Waals surface area contributed by atoms with E-state index in [-0.39, 0.29) is 25.2 Å². The molecule has 0 rings (SSSR count). The highest BCUT2D eigenvalue weighted by Crippen LogP contribution is 1.90. The first-order valence-corrected chi connectivity index (χ1v) is 3.75. The summed E-state index contributed by atoms with van der Waals surface area (Å²) in [6.45, 7) is 1.60. The number of aliphatic hydroxyl groups excluding tert-OH is 2. The summed E-state index contributed by atoms with van der Waals surface area (Å²) in [4.78, 5) is 10.8. The molecule has 0 bridgehead atoms. The topological polar surface area (TPSA) is 69.6 Å². The van der Waals surface area contributed by atoms with E-state index in [1.807, 2.05) is 0 Å². The minimum absolute atomic E-state index is 0.0186. The Kier molecular flexibility index (Phi) is 5.78. The first kappa shape index (κ1) is 10.4. The van der Waals surface area contributed by atoms with E-state index in [2.05, 4.69) is 5.32 Å². The molecule has 66 valence electrons. The number of amides is 1. The maximum Gasteiger partial charge on any atom is 0.220 e. The molecule has 0 spiro atoms. The molecule has 1 amide bonds. The zero-order valence-corrected chi connectivity index (χ0v) is 6.71. The van der Waals surface area contributed by atoms with Crippen molar-refractivity contribution in [3.63, 3.8) is 0 Å². The average molecular weight is 161 g/mol. The lowest BCUT2D eigenvalue weighted by atomic mass is 10.2. The largest absolute Gasteiger partial charge is 0.396 e. The lowest BCUT2D eigenvalue weighted by Crippen LogP contribution is -2.37. The highest BCUT2D eigenvalue weighted by Gasteiger charge is 2.07. The van der Waals surface area contributed by atoms with Crippen LogP contribution in [0.3, 0.4) is 0 Å². The molecule has 0 aliphatic carbocycles. The molecule has 0 aromatic rings. The van der Waals surface area contributed by atoms with E-state index in [1.165, 1.54) is 0 Å². The monoisotopic (exact) mass is 161 g/mol. The van der Waals surface area contributed by atoms with E-state index in [1.54, 1.807) is 6.92 Å². The van der Waals surface area contributed by atoms with Gasteiger partial charge in [0.1, 0.15) is 0 Å². The number of carbonyl (C=O) groups is 1. The lowest BCUT2D eigenvalue weighted by Gasteiger charge is -2.13. The van der Waals surface area contributed by atoms with E-state index < -0.39 is 0 Å². The molecule has 1 unspecified atom stereocenters. The number of carbonyl (C=O) groups excluding carboxylic acids is 1. The summed E-state index contributed by atoms with van der Waals surface area (Å²) in [7, 11) is 0. The third-order valence-corrected chi connectivity index (χ3v) is 1.38. The molecule has 0 aromatic carbocycles.